The zero-order valence-corrected chi connectivity index (χ0v) is 12.4. The Morgan fingerprint density at radius 1 is 1.20 bits per heavy atom. The number of anilines is 1. The smallest absolute Gasteiger partial charge is 0.238 e. The first kappa shape index (κ1) is 14.9. The van der Waals surface area contributed by atoms with Crippen LogP contribution in [-0.2, 0) is 4.79 Å². The van der Waals surface area contributed by atoms with Crippen LogP contribution in [0.15, 0.2) is 24.3 Å². The Bertz CT molecular complexity index is 423. The first-order valence-corrected chi connectivity index (χ1v) is 7.42. The quantitative estimate of drug-likeness (QED) is 0.899. The van der Waals surface area contributed by atoms with Gasteiger partial charge < -0.3 is 10.1 Å². The van der Waals surface area contributed by atoms with Crippen LogP contribution in [0, 0.1) is 0 Å². The van der Waals surface area contributed by atoms with Crippen molar-refractivity contribution in [3.8, 4) is 5.75 Å². The lowest BCUT2D eigenvalue weighted by molar-refractivity contribution is -0.117. The van der Waals surface area contributed by atoms with Crippen molar-refractivity contribution in [2.24, 2.45) is 0 Å². The van der Waals surface area contributed by atoms with E-state index < -0.39 is 0 Å². The Hall–Kier alpha value is -1.55. The molecule has 0 saturated carbocycles. The molecule has 2 rings (SSSR count). The van der Waals surface area contributed by atoms with Gasteiger partial charge in [-0.05, 0) is 64.0 Å². The average molecular weight is 276 g/mol. The van der Waals surface area contributed by atoms with Gasteiger partial charge in [-0.3, -0.25) is 9.69 Å². The molecule has 1 aromatic carbocycles. The van der Waals surface area contributed by atoms with Gasteiger partial charge in [-0.1, -0.05) is 6.42 Å². The molecule has 1 fully saturated rings. The number of rotatable bonds is 5. The molecular weight excluding hydrogens is 252 g/mol. The van der Waals surface area contributed by atoms with Crippen LogP contribution in [0.5, 0.6) is 5.75 Å². The predicted molar refractivity (Wildman–Crippen MR) is 81.1 cm³/mol. The first-order chi connectivity index (χ1) is 9.63. The van der Waals surface area contributed by atoms with Crippen LogP contribution in [0.2, 0.25) is 0 Å². The number of ether oxygens (including phenoxy) is 1. The molecule has 1 aromatic rings. The number of benzene rings is 1. The molecule has 0 atom stereocenters. The van der Waals surface area contributed by atoms with Gasteiger partial charge in [-0.15, -0.1) is 0 Å². The molecule has 1 saturated heterocycles. The Morgan fingerprint density at radius 3 is 2.45 bits per heavy atom. The Kier molecular flexibility index (Phi) is 5.41. The van der Waals surface area contributed by atoms with Crippen LogP contribution in [0.4, 0.5) is 5.69 Å². The van der Waals surface area contributed by atoms with Gasteiger partial charge in [0, 0.05) is 5.69 Å². The van der Waals surface area contributed by atoms with Gasteiger partial charge in [0.2, 0.25) is 5.91 Å². The molecule has 1 amide bonds. The number of amides is 1. The highest BCUT2D eigenvalue weighted by atomic mass is 16.5. The molecule has 1 N–H and O–H groups in total. The normalized spacial score (nSPS) is 16.1. The molecule has 0 radical (unpaired) electrons. The summed E-state index contributed by atoms with van der Waals surface area (Å²) in [4.78, 5) is 14.2. The number of hydrogen-bond donors (Lipinski definition) is 1. The number of piperidine rings is 1. The summed E-state index contributed by atoms with van der Waals surface area (Å²) in [6.07, 6.45) is 3.85. The minimum Gasteiger partial charge on any atom is -0.491 e. The van der Waals surface area contributed by atoms with Gasteiger partial charge in [0.25, 0.3) is 0 Å². The summed E-state index contributed by atoms with van der Waals surface area (Å²) in [5, 5.41) is 2.93. The van der Waals surface area contributed by atoms with Gasteiger partial charge in [-0.25, -0.2) is 0 Å². The number of carbonyl (C=O) groups is 1. The van der Waals surface area contributed by atoms with E-state index >= 15 is 0 Å². The topological polar surface area (TPSA) is 41.6 Å². The number of nitrogens with zero attached hydrogens (tertiary/aromatic N) is 1. The SMILES string of the molecule is CC(C)Oc1ccc(NC(=O)CN2CCCCC2)cc1. The minimum atomic E-state index is 0.0597. The second-order valence-electron chi connectivity index (χ2n) is 5.58. The molecule has 20 heavy (non-hydrogen) atoms. The zero-order chi connectivity index (χ0) is 14.4. The highest BCUT2D eigenvalue weighted by Crippen LogP contribution is 2.17. The van der Waals surface area contributed by atoms with E-state index in [1.807, 2.05) is 38.1 Å². The predicted octanol–water partition coefficient (Wildman–Crippen LogP) is 2.90. The van der Waals surface area contributed by atoms with Crippen molar-refractivity contribution >= 4 is 11.6 Å². The van der Waals surface area contributed by atoms with E-state index in [1.165, 1.54) is 19.3 Å². The van der Waals surface area contributed by atoms with E-state index in [1.54, 1.807) is 0 Å². The molecule has 0 aliphatic carbocycles. The van der Waals surface area contributed by atoms with Crippen molar-refractivity contribution in [3.05, 3.63) is 24.3 Å². The van der Waals surface area contributed by atoms with Crippen molar-refractivity contribution in [1.82, 2.24) is 4.90 Å². The van der Waals surface area contributed by atoms with Crippen molar-refractivity contribution in [2.75, 3.05) is 25.0 Å². The number of carbonyl (C=O) groups excluding carboxylic acids is 1. The van der Waals surface area contributed by atoms with Gasteiger partial charge >= 0.3 is 0 Å². The molecule has 0 unspecified atom stereocenters. The van der Waals surface area contributed by atoms with Gasteiger partial charge in [0.1, 0.15) is 5.75 Å². The van der Waals surface area contributed by atoms with Crippen LogP contribution < -0.4 is 10.1 Å². The molecule has 1 heterocycles. The molecule has 1 aliphatic rings. The van der Waals surface area contributed by atoms with Crippen LogP contribution in [0.25, 0.3) is 0 Å². The highest BCUT2D eigenvalue weighted by Gasteiger charge is 2.13. The van der Waals surface area contributed by atoms with Gasteiger partial charge in [0.15, 0.2) is 0 Å². The third-order valence-electron chi connectivity index (χ3n) is 3.33. The third kappa shape index (κ3) is 4.85. The Balaban J connectivity index is 1.81. The molecule has 0 spiro atoms. The monoisotopic (exact) mass is 276 g/mol. The third-order valence-corrected chi connectivity index (χ3v) is 3.33. The highest BCUT2D eigenvalue weighted by molar-refractivity contribution is 5.92. The Morgan fingerprint density at radius 2 is 1.85 bits per heavy atom. The molecule has 4 heteroatoms. The van der Waals surface area contributed by atoms with Crippen LogP contribution >= 0.6 is 0 Å². The lowest BCUT2D eigenvalue weighted by Gasteiger charge is -2.25. The van der Waals surface area contributed by atoms with Gasteiger partial charge in [0.05, 0.1) is 12.6 Å². The number of likely N-dealkylation sites (tertiary alicyclic amines) is 1. The van der Waals surface area contributed by atoms with E-state index in [0.717, 1.165) is 24.5 Å². The van der Waals surface area contributed by atoms with E-state index in [4.69, 9.17) is 4.74 Å². The second-order valence-corrected chi connectivity index (χ2v) is 5.58. The minimum absolute atomic E-state index is 0.0597. The summed E-state index contributed by atoms with van der Waals surface area (Å²) in [7, 11) is 0. The maximum Gasteiger partial charge on any atom is 0.238 e. The fourth-order valence-corrected chi connectivity index (χ4v) is 2.41. The summed E-state index contributed by atoms with van der Waals surface area (Å²) in [5.41, 5.74) is 0.822. The summed E-state index contributed by atoms with van der Waals surface area (Å²) in [6.45, 7) is 6.55. The summed E-state index contributed by atoms with van der Waals surface area (Å²) < 4.78 is 5.57. The summed E-state index contributed by atoms with van der Waals surface area (Å²) >= 11 is 0. The maximum absolute atomic E-state index is 12.0. The fraction of sp³-hybridized carbons (Fsp3) is 0.562. The number of nitrogens with one attached hydrogen (secondary N) is 1. The van der Waals surface area contributed by atoms with E-state index in [9.17, 15) is 4.79 Å². The van der Waals surface area contributed by atoms with Crippen LogP contribution in [-0.4, -0.2) is 36.5 Å². The van der Waals surface area contributed by atoms with E-state index in [-0.39, 0.29) is 12.0 Å². The Labute approximate surface area is 121 Å². The second kappa shape index (κ2) is 7.29. The lowest BCUT2D eigenvalue weighted by Crippen LogP contribution is -2.36. The van der Waals surface area contributed by atoms with Crippen molar-refractivity contribution in [1.29, 1.82) is 0 Å². The zero-order valence-electron chi connectivity index (χ0n) is 12.4. The largest absolute Gasteiger partial charge is 0.491 e. The average Bonchev–Trinajstić information content (AvgIpc) is 2.41. The summed E-state index contributed by atoms with van der Waals surface area (Å²) in [6, 6.07) is 7.53. The first-order valence-electron chi connectivity index (χ1n) is 7.42. The molecule has 110 valence electrons. The van der Waals surface area contributed by atoms with E-state index in [0.29, 0.717) is 6.54 Å². The standard InChI is InChI=1S/C16H24N2O2/c1-13(2)20-15-8-6-14(7-9-15)17-16(19)12-18-10-4-3-5-11-18/h6-9,13H,3-5,10-12H2,1-2H3,(H,17,19). The fourth-order valence-electron chi connectivity index (χ4n) is 2.41. The molecule has 0 aromatic heterocycles. The molecule has 4 nitrogen and oxygen atoms in total. The van der Waals surface area contributed by atoms with Crippen molar-refractivity contribution in [3.63, 3.8) is 0 Å². The van der Waals surface area contributed by atoms with E-state index in [2.05, 4.69) is 10.2 Å². The van der Waals surface area contributed by atoms with Crippen molar-refractivity contribution in [2.45, 2.75) is 39.2 Å². The lowest BCUT2D eigenvalue weighted by atomic mass is 10.1. The number of hydrogen-bond acceptors (Lipinski definition) is 3. The van der Waals surface area contributed by atoms with Gasteiger partial charge in [-0.2, -0.15) is 0 Å². The van der Waals surface area contributed by atoms with Crippen molar-refractivity contribution < 1.29 is 9.53 Å². The molecule has 1 aliphatic heterocycles. The molecular formula is C16H24N2O2. The maximum atomic E-state index is 12.0. The van der Waals surface area contributed by atoms with Crippen LogP contribution in [0.3, 0.4) is 0 Å². The molecule has 0 bridgehead atoms. The van der Waals surface area contributed by atoms with Crippen LogP contribution in [0.1, 0.15) is 33.1 Å². The summed E-state index contributed by atoms with van der Waals surface area (Å²) in [5.74, 6) is 0.887.